The molecule has 0 rings (SSSR count). The molecular weight excluding hydrogens is 138 g/mol. The highest BCUT2D eigenvalue weighted by molar-refractivity contribution is 7.81. The molecule has 0 spiro atoms. The smallest absolute Gasteiger partial charge is 0.315 e. The van der Waals surface area contributed by atoms with E-state index < -0.39 is 0 Å². The minimum atomic E-state index is -0.323. The fourth-order valence-electron chi connectivity index (χ4n) is 0.270. The lowest BCUT2D eigenvalue weighted by molar-refractivity contribution is -0.140. The molecule has 0 aliphatic rings. The quantitative estimate of drug-likeness (QED) is 0.432. The molecule has 3 nitrogen and oxygen atoms in total. The SMILES string of the molecule is CC(N)COC(=O)CS. The van der Waals surface area contributed by atoms with Crippen LogP contribution >= 0.6 is 12.6 Å². The summed E-state index contributed by atoms with van der Waals surface area (Å²) < 4.78 is 4.61. The minimum Gasteiger partial charge on any atom is -0.463 e. The first-order valence-electron chi connectivity index (χ1n) is 2.69. The van der Waals surface area contributed by atoms with Gasteiger partial charge in [-0.15, -0.1) is 0 Å². The zero-order valence-corrected chi connectivity index (χ0v) is 6.23. The van der Waals surface area contributed by atoms with Gasteiger partial charge in [0, 0.05) is 6.04 Å². The zero-order valence-electron chi connectivity index (χ0n) is 5.33. The van der Waals surface area contributed by atoms with Gasteiger partial charge in [-0.3, -0.25) is 4.79 Å². The summed E-state index contributed by atoms with van der Waals surface area (Å²) in [5.41, 5.74) is 5.29. The third-order valence-electron chi connectivity index (χ3n) is 0.636. The second kappa shape index (κ2) is 4.64. The van der Waals surface area contributed by atoms with Gasteiger partial charge in [-0.05, 0) is 6.92 Å². The monoisotopic (exact) mass is 149 g/mol. The van der Waals surface area contributed by atoms with Gasteiger partial charge < -0.3 is 10.5 Å². The van der Waals surface area contributed by atoms with Crippen molar-refractivity contribution in [3.05, 3.63) is 0 Å². The Morgan fingerprint density at radius 2 is 2.44 bits per heavy atom. The summed E-state index contributed by atoms with van der Waals surface area (Å²) in [5, 5.41) is 0. The van der Waals surface area contributed by atoms with E-state index in [4.69, 9.17) is 5.73 Å². The predicted octanol–water partition coefficient (Wildman–Crippen LogP) is -0.193. The zero-order chi connectivity index (χ0) is 7.28. The molecule has 54 valence electrons. The fraction of sp³-hybridized carbons (Fsp3) is 0.800. The van der Waals surface area contributed by atoms with Crippen LogP contribution in [0.2, 0.25) is 0 Å². The molecule has 1 atom stereocenters. The normalized spacial score (nSPS) is 12.8. The van der Waals surface area contributed by atoms with Crippen molar-refractivity contribution < 1.29 is 9.53 Å². The summed E-state index contributed by atoms with van der Waals surface area (Å²) in [6.45, 7) is 2.05. The summed E-state index contributed by atoms with van der Waals surface area (Å²) >= 11 is 3.70. The van der Waals surface area contributed by atoms with E-state index in [0.717, 1.165) is 0 Å². The van der Waals surface area contributed by atoms with E-state index in [0.29, 0.717) is 0 Å². The van der Waals surface area contributed by atoms with Crippen LogP contribution in [-0.2, 0) is 9.53 Å². The van der Waals surface area contributed by atoms with Gasteiger partial charge in [0.25, 0.3) is 0 Å². The van der Waals surface area contributed by atoms with Gasteiger partial charge in [-0.2, -0.15) is 12.6 Å². The van der Waals surface area contributed by atoms with Gasteiger partial charge in [0.1, 0.15) is 6.61 Å². The minimum absolute atomic E-state index is 0.0890. The van der Waals surface area contributed by atoms with E-state index in [2.05, 4.69) is 17.4 Å². The Balaban J connectivity index is 3.17. The van der Waals surface area contributed by atoms with Crippen molar-refractivity contribution in [2.45, 2.75) is 13.0 Å². The lowest BCUT2D eigenvalue weighted by Gasteiger charge is -2.04. The average molecular weight is 149 g/mol. The van der Waals surface area contributed by atoms with Gasteiger partial charge >= 0.3 is 5.97 Å². The average Bonchev–Trinajstić information content (AvgIpc) is 1.83. The standard InChI is InChI=1S/C5H11NO2S/c1-4(6)2-8-5(7)3-9/h4,9H,2-3,6H2,1H3. The second-order valence-corrected chi connectivity index (χ2v) is 2.13. The first-order chi connectivity index (χ1) is 4.16. The molecule has 0 saturated heterocycles. The molecule has 9 heavy (non-hydrogen) atoms. The van der Waals surface area contributed by atoms with Crippen LogP contribution in [0.25, 0.3) is 0 Å². The lowest BCUT2D eigenvalue weighted by Crippen LogP contribution is -2.24. The largest absolute Gasteiger partial charge is 0.463 e. The van der Waals surface area contributed by atoms with Crippen LogP contribution in [0.3, 0.4) is 0 Å². The maximum absolute atomic E-state index is 10.4. The summed E-state index contributed by atoms with van der Waals surface area (Å²) in [7, 11) is 0. The first kappa shape index (κ1) is 8.78. The highest BCUT2D eigenvalue weighted by Gasteiger charge is 1.99. The third kappa shape index (κ3) is 5.65. The van der Waals surface area contributed by atoms with E-state index in [-0.39, 0.29) is 24.4 Å². The van der Waals surface area contributed by atoms with E-state index in [1.54, 1.807) is 6.92 Å². The molecule has 0 fully saturated rings. The number of hydrogen-bond acceptors (Lipinski definition) is 4. The molecule has 2 N–H and O–H groups in total. The summed E-state index contributed by atoms with van der Waals surface area (Å²) in [6, 6.07) is -0.0890. The predicted molar refractivity (Wildman–Crippen MR) is 38.5 cm³/mol. The van der Waals surface area contributed by atoms with Crippen LogP contribution in [0.15, 0.2) is 0 Å². The number of esters is 1. The number of carbonyl (C=O) groups is 1. The highest BCUT2D eigenvalue weighted by Crippen LogP contribution is 1.83. The van der Waals surface area contributed by atoms with E-state index in [1.165, 1.54) is 0 Å². The molecule has 0 aromatic rings. The van der Waals surface area contributed by atoms with E-state index in [1.807, 2.05) is 0 Å². The Morgan fingerprint density at radius 1 is 1.89 bits per heavy atom. The molecule has 0 saturated carbocycles. The lowest BCUT2D eigenvalue weighted by atomic mass is 10.4. The van der Waals surface area contributed by atoms with Crippen molar-refractivity contribution in [1.82, 2.24) is 0 Å². The molecule has 0 aromatic carbocycles. The Hall–Kier alpha value is -0.220. The van der Waals surface area contributed by atoms with Gasteiger partial charge in [0.15, 0.2) is 0 Å². The molecule has 0 radical (unpaired) electrons. The number of hydrogen-bond donors (Lipinski definition) is 2. The Bertz CT molecular complexity index is 95.0. The van der Waals surface area contributed by atoms with Gasteiger partial charge in [0.2, 0.25) is 0 Å². The number of rotatable bonds is 3. The van der Waals surface area contributed by atoms with Crippen LogP contribution in [-0.4, -0.2) is 24.4 Å². The van der Waals surface area contributed by atoms with Crippen molar-refractivity contribution in [3.63, 3.8) is 0 Å². The fourth-order valence-corrected chi connectivity index (χ4v) is 0.361. The van der Waals surface area contributed by atoms with Crippen molar-refractivity contribution in [1.29, 1.82) is 0 Å². The molecule has 0 bridgehead atoms. The summed E-state index contributed by atoms with van der Waals surface area (Å²) in [5.74, 6) is -0.206. The van der Waals surface area contributed by atoms with Crippen LogP contribution in [0, 0.1) is 0 Å². The van der Waals surface area contributed by atoms with Crippen LogP contribution in [0.4, 0.5) is 0 Å². The van der Waals surface area contributed by atoms with Gasteiger partial charge in [-0.25, -0.2) is 0 Å². The molecule has 0 aromatic heterocycles. The molecule has 1 unspecified atom stereocenters. The van der Waals surface area contributed by atoms with E-state index >= 15 is 0 Å². The van der Waals surface area contributed by atoms with Gasteiger partial charge in [-0.1, -0.05) is 0 Å². The van der Waals surface area contributed by atoms with Crippen molar-refractivity contribution in [3.8, 4) is 0 Å². The molecule has 0 aliphatic heterocycles. The van der Waals surface area contributed by atoms with Crippen LogP contribution in [0.5, 0.6) is 0 Å². The number of thiol groups is 1. The van der Waals surface area contributed by atoms with Crippen molar-refractivity contribution in [2.75, 3.05) is 12.4 Å². The topological polar surface area (TPSA) is 52.3 Å². The molecule has 0 heterocycles. The number of ether oxygens (including phenoxy) is 1. The second-order valence-electron chi connectivity index (χ2n) is 1.82. The molecule has 0 amide bonds. The molecular formula is C5H11NO2S. The van der Waals surface area contributed by atoms with E-state index in [9.17, 15) is 4.79 Å². The number of carbonyl (C=O) groups excluding carboxylic acids is 1. The Kier molecular flexibility index (Phi) is 4.53. The summed E-state index contributed by atoms with van der Waals surface area (Å²) in [4.78, 5) is 10.4. The van der Waals surface area contributed by atoms with Crippen molar-refractivity contribution >= 4 is 18.6 Å². The maximum atomic E-state index is 10.4. The number of nitrogens with two attached hydrogens (primary N) is 1. The Labute approximate surface area is 60.0 Å². The van der Waals surface area contributed by atoms with Crippen LogP contribution < -0.4 is 5.73 Å². The first-order valence-corrected chi connectivity index (χ1v) is 3.32. The maximum Gasteiger partial charge on any atom is 0.315 e. The highest BCUT2D eigenvalue weighted by atomic mass is 32.1. The molecule has 0 aliphatic carbocycles. The Morgan fingerprint density at radius 3 is 2.78 bits per heavy atom. The van der Waals surface area contributed by atoms with Crippen molar-refractivity contribution in [2.24, 2.45) is 5.73 Å². The summed E-state index contributed by atoms with van der Waals surface area (Å²) in [6.07, 6.45) is 0. The molecule has 4 heteroatoms. The third-order valence-corrected chi connectivity index (χ3v) is 0.895. The van der Waals surface area contributed by atoms with Gasteiger partial charge in [0.05, 0.1) is 5.75 Å². The van der Waals surface area contributed by atoms with Crippen LogP contribution in [0.1, 0.15) is 6.92 Å².